The van der Waals surface area contributed by atoms with Crippen LogP contribution in [-0.2, 0) is 6.54 Å². The smallest absolute Gasteiger partial charge is 0.119 e. The van der Waals surface area contributed by atoms with Gasteiger partial charge in [-0.05, 0) is 31.2 Å². The maximum Gasteiger partial charge on any atom is 0.119 e. The number of hydrogen-bond acceptors (Lipinski definition) is 3. The molecule has 0 aliphatic carbocycles. The van der Waals surface area contributed by atoms with Crippen LogP contribution in [0.2, 0.25) is 0 Å². The van der Waals surface area contributed by atoms with Gasteiger partial charge in [0.15, 0.2) is 0 Å². The molecule has 1 atom stereocenters. The lowest BCUT2D eigenvalue weighted by atomic mass is 10.3. The molecule has 0 aliphatic heterocycles. The van der Waals surface area contributed by atoms with Crippen LogP contribution in [-0.4, -0.2) is 27.4 Å². The number of para-hydroxylation sites is 3. The average molecular weight is 282 g/mol. The van der Waals surface area contributed by atoms with E-state index in [0.717, 1.165) is 22.6 Å². The van der Waals surface area contributed by atoms with E-state index in [-0.39, 0.29) is 6.61 Å². The lowest BCUT2D eigenvalue weighted by Gasteiger charge is -2.14. The highest BCUT2D eigenvalue weighted by Crippen LogP contribution is 2.16. The zero-order valence-corrected chi connectivity index (χ0v) is 11.9. The average Bonchev–Trinajstić information content (AvgIpc) is 2.82. The fourth-order valence-electron chi connectivity index (χ4n) is 2.40. The molecule has 3 aromatic rings. The van der Waals surface area contributed by atoms with E-state index in [1.807, 2.05) is 66.1 Å². The van der Waals surface area contributed by atoms with Gasteiger partial charge in [0.1, 0.15) is 24.3 Å². The SMILES string of the molecule is Cc1nc2ccccc2n1CC(O)COc1ccccc1. The topological polar surface area (TPSA) is 47.3 Å². The summed E-state index contributed by atoms with van der Waals surface area (Å²) in [7, 11) is 0. The van der Waals surface area contributed by atoms with Crippen LogP contribution in [0.5, 0.6) is 5.75 Å². The summed E-state index contributed by atoms with van der Waals surface area (Å²) in [6.07, 6.45) is -0.582. The third kappa shape index (κ3) is 3.06. The van der Waals surface area contributed by atoms with E-state index in [9.17, 15) is 5.11 Å². The van der Waals surface area contributed by atoms with Gasteiger partial charge in [0.25, 0.3) is 0 Å². The molecule has 0 radical (unpaired) electrons. The Morgan fingerprint density at radius 1 is 1.10 bits per heavy atom. The Bertz CT molecular complexity index is 722. The van der Waals surface area contributed by atoms with Gasteiger partial charge in [-0.1, -0.05) is 30.3 Å². The van der Waals surface area contributed by atoms with E-state index in [1.54, 1.807) is 0 Å². The summed E-state index contributed by atoms with van der Waals surface area (Å²) in [5, 5.41) is 10.2. The number of aromatic nitrogens is 2. The van der Waals surface area contributed by atoms with Crippen molar-refractivity contribution < 1.29 is 9.84 Å². The number of nitrogens with zero attached hydrogens (tertiary/aromatic N) is 2. The van der Waals surface area contributed by atoms with Crippen molar-refractivity contribution in [1.29, 1.82) is 0 Å². The minimum Gasteiger partial charge on any atom is -0.491 e. The fourth-order valence-corrected chi connectivity index (χ4v) is 2.40. The van der Waals surface area contributed by atoms with Crippen molar-refractivity contribution in [3.8, 4) is 5.75 Å². The molecule has 1 unspecified atom stereocenters. The van der Waals surface area contributed by atoms with Gasteiger partial charge in [-0.2, -0.15) is 0 Å². The number of benzene rings is 2. The molecule has 0 amide bonds. The molecule has 0 saturated carbocycles. The van der Waals surface area contributed by atoms with E-state index in [4.69, 9.17) is 4.74 Å². The van der Waals surface area contributed by atoms with Crippen LogP contribution < -0.4 is 4.74 Å². The van der Waals surface area contributed by atoms with Gasteiger partial charge < -0.3 is 14.4 Å². The van der Waals surface area contributed by atoms with Crippen molar-refractivity contribution in [3.63, 3.8) is 0 Å². The van der Waals surface area contributed by atoms with Gasteiger partial charge >= 0.3 is 0 Å². The molecule has 0 spiro atoms. The monoisotopic (exact) mass is 282 g/mol. The zero-order chi connectivity index (χ0) is 14.7. The highest BCUT2D eigenvalue weighted by Gasteiger charge is 2.12. The Morgan fingerprint density at radius 2 is 1.81 bits per heavy atom. The van der Waals surface area contributed by atoms with Gasteiger partial charge in [-0.15, -0.1) is 0 Å². The van der Waals surface area contributed by atoms with Crippen molar-refractivity contribution in [3.05, 3.63) is 60.4 Å². The van der Waals surface area contributed by atoms with E-state index >= 15 is 0 Å². The first-order chi connectivity index (χ1) is 10.2. The van der Waals surface area contributed by atoms with Gasteiger partial charge in [0.05, 0.1) is 17.6 Å². The second-order valence-corrected chi connectivity index (χ2v) is 5.04. The highest BCUT2D eigenvalue weighted by molar-refractivity contribution is 5.75. The number of aryl methyl sites for hydroxylation is 1. The van der Waals surface area contributed by atoms with Gasteiger partial charge in [-0.3, -0.25) is 0 Å². The van der Waals surface area contributed by atoms with Crippen LogP contribution in [0.4, 0.5) is 0 Å². The summed E-state index contributed by atoms with van der Waals surface area (Å²) in [6.45, 7) is 2.68. The molecule has 1 heterocycles. The Balaban J connectivity index is 1.69. The van der Waals surface area contributed by atoms with Crippen molar-refractivity contribution in [1.82, 2.24) is 9.55 Å². The molecule has 0 saturated heterocycles. The van der Waals surface area contributed by atoms with Crippen molar-refractivity contribution in [2.45, 2.75) is 19.6 Å². The largest absolute Gasteiger partial charge is 0.491 e. The number of ether oxygens (including phenoxy) is 1. The lowest BCUT2D eigenvalue weighted by Crippen LogP contribution is -2.24. The van der Waals surface area contributed by atoms with Crippen LogP contribution in [0.25, 0.3) is 11.0 Å². The Hall–Kier alpha value is -2.33. The molecule has 4 heteroatoms. The summed E-state index contributed by atoms with van der Waals surface area (Å²) >= 11 is 0. The predicted molar refractivity (Wildman–Crippen MR) is 82.4 cm³/mol. The minimum absolute atomic E-state index is 0.260. The molecule has 108 valence electrons. The first kappa shape index (κ1) is 13.6. The molecule has 21 heavy (non-hydrogen) atoms. The molecule has 0 aliphatic rings. The predicted octanol–water partition coefficient (Wildman–Crippen LogP) is 2.78. The van der Waals surface area contributed by atoms with Crippen LogP contribution in [0.3, 0.4) is 0 Å². The lowest BCUT2D eigenvalue weighted by molar-refractivity contribution is 0.0929. The molecule has 0 fully saturated rings. The van der Waals surface area contributed by atoms with Crippen LogP contribution in [0, 0.1) is 6.92 Å². The summed E-state index contributed by atoms with van der Waals surface area (Å²) in [5.74, 6) is 1.67. The van der Waals surface area contributed by atoms with E-state index in [0.29, 0.717) is 6.54 Å². The molecule has 1 aromatic heterocycles. The second-order valence-electron chi connectivity index (χ2n) is 5.04. The third-order valence-electron chi connectivity index (χ3n) is 3.42. The van der Waals surface area contributed by atoms with Gasteiger partial charge in [-0.25, -0.2) is 4.98 Å². The molecule has 3 rings (SSSR count). The summed E-state index contributed by atoms with van der Waals surface area (Å²) in [5.41, 5.74) is 1.99. The van der Waals surface area contributed by atoms with Gasteiger partial charge in [0, 0.05) is 0 Å². The number of fused-ring (bicyclic) bond motifs is 1. The normalized spacial score (nSPS) is 12.5. The molecule has 0 bridgehead atoms. The van der Waals surface area contributed by atoms with Crippen molar-refractivity contribution in [2.24, 2.45) is 0 Å². The van der Waals surface area contributed by atoms with Crippen LogP contribution >= 0.6 is 0 Å². The number of aliphatic hydroxyl groups is 1. The number of imidazole rings is 1. The van der Waals surface area contributed by atoms with E-state index in [2.05, 4.69) is 4.98 Å². The van der Waals surface area contributed by atoms with Crippen molar-refractivity contribution in [2.75, 3.05) is 6.61 Å². The minimum atomic E-state index is -0.582. The third-order valence-corrected chi connectivity index (χ3v) is 3.42. The van der Waals surface area contributed by atoms with E-state index < -0.39 is 6.10 Å². The van der Waals surface area contributed by atoms with Gasteiger partial charge in [0.2, 0.25) is 0 Å². The number of aliphatic hydroxyl groups excluding tert-OH is 1. The summed E-state index contributed by atoms with van der Waals surface area (Å²) in [4.78, 5) is 4.50. The quantitative estimate of drug-likeness (QED) is 0.782. The number of hydrogen-bond donors (Lipinski definition) is 1. The summed E-state index contributed by atoms with van der Waals surface area (Å²) < 4.78 is 7.61. The standard InChI is InChI=1S/C17H18N2O2/c1-13-18-16-9-5-6-10-17(16)19(13)11-14(20)12-21-15-7-3-2-4-8-15/h2-10,14,20H,11-12H2,1H3. The first-order valence-electron chi connectivity index (χ1n) is 7.02. The molecular formula is C17H18N2O2. The second kappa shape index (κ2) is 5.97. The zero-order valence-electron chi connectivity index (χ0n) is 11.9. The van der Waals surface area contributed by atoms with Crippen LogP contribution in [0.1, 0.15) is 5.82 Å². The number of rotatable bonds is 5. The van der Waals surface area contributed by atoms with Crippen LogP contribution in [0.15, 0.2) is 54.6 Å². The molecule has 2 aromatic carbocycles. The maximum absolute atomic E-state index is 10.2. The van der Waals surface area contributed by atoms with E-state index in [1.165, 1.54) is 0 Å². The molecule has 1 N–H and O–H groups in total. The molecule has 4 nitrogen and oxygen atoms in total. The fraction of sp³-hybridized carbons (Fsp3) is 0.235. The summed E-state index contributed by atoms with van der Waals surface area (Å²) in [6, 6.07) is 17.5. The Morgan fingerprint density at radius 3 is 2.62 bits per heavy atom. The maximum atomic E-state index is 10.2. The Kier molecular flexibility index (Phi) is 3.88. The van der Waals surface area contributed by atoms with Crippen molar-refractivity contribution >= 4 is 11.0 Å². The Labute approximate surface area is 123 Å². The first-order valence-corrected chi connectivity index (χ1v) is 7.02. The highest BCUT2D eigenvalue weighted by atomic mass is 16.5. The molecular weight excluding hydrogens is 264 g/mol.